The molecule has 2 heterocycles. The van der Waals surface area contributed by atoms with E-state index in [-0.39, 0.29) is 24.3 Å². The van der Waals surface area contributed by atoms with Gasteiger partial charge < -0.3 is 10.0 Å². The number of benzene rings is 1. The second-order valence-electron chi connectivity index (χ2n) is 6.04. The molecule has 1 unspecified atom stereocenters. The maximum atomic E-state index is 12.6. The van der Waals surface area contributed by atoms with Crippen molar-refractivity contribution >= 4 is 29.0 Å². The molecule has 0 spiro atoms. The highest BCUT2D eigenvalue weighted by molar-refractivity contribution is 6.35. The summed E-state index contributed by atoms with van der Waals surface area (Å²) in [6.07, 6.45) is 1.84. The van der Waals surface area contributed by atoms with Gasteiger partial charge >= 0.3 is 0 Å². The van der Waals surface area contributed by atoms with Crippen molar-refractivity contribution in [2.45, 2.75) is 12.8 Å². The molecular weight excluding hydrogens is 316 g/mol. The first-order valence-electron chi connectivity index (χ1n) is 7.71. The maximum absolute atomic E-state index is 12.6. The summed E-state index contributed by atoms with van der Waals surface area (Å²) in [6.45, 7) is 1.41. The lowest BCUT2D eigenvalue weighted by atomic mass is 9.97. The summed E-state index contributed by atoms with van der Waals surface area (Å²) >= 11 is 5.92. The Kier molecular flexibility index (Phi) is 4.41. The van der Waals surface area contributed by atoms with E-state index in [0.29, 0.717) is 28.4 Å². The number of aliphatic hydroxyl groups excluding tert-OH is 1. The van der Waals surface area contributed by atoms with Crippen LogP contribution in [0.4, 0.5) is 0 Å². The molecule has 2 aliphatic rings. The first kappa shape index (κ1) is 16.0. The minimum absolute atomic E-state index is 0.0953. The highest BCUT2D eigenvalue weighted by Crippen LogP contribution is 2.33. The quantitative estimate of drug-likeness (QED) is 0.856. The number of hydrogen-bond acceptors (Lipinski definition) is 4. The number of likely N-dealkylation sites (N-methyl/N-ethyl adjacent to an activating group) is 1. The molecule has 122 valence electrons. The molecule has 1 aromatic rings. The normalized spacial score (nSPS) is 22.3. The number of imide groups is 1. The monoisotopic (exact) mass is 334 g/mol. The number of amides is 2. The maximum Gasteiger partial charge on any atom is 0.277 e. The number of likely N-dealkylation sites (tertiary alicyclic amines) is 1. The predicted octanol–water partition coefficient (Wildman–Crippen LogP) is 1.75. The third kappa shape index (κ3) is 2.86. The van der Waals surface area contributed by atoms with Crippen LogP contribution in [0.1, 0.15) is 18.4 Å². The van der Waals surface area contributed by atoms with Gasteiger partial charge in [-0.05, 0) is 36.5 Å². The molecule has 3 rings (SSSR count). The molecule has 1 aromatic carbocycles. The smallest absolute Gasteiger partial charge is 0.277 e. The van der Waals surface area contributed by atoms with Gasteiger partial charge in [-0.25, -0.2) is 0 Å². The van der Waals surface area contributed by atoms with Gasteiger partial charge in [0.05, 0.1) is 5.57 Å². The lowest BCUT2D eigenvalue weighted by Crippen LogP contribution is -2.39. The fraction of sp³-hybridized carbons (Fsp3) is 0.412. The average Bonchev–Trinajstić information content (AvgIpc) is 2.80. The Balaban J connectivity index is 2.05. The zero-order valence-corrected chi connectivity index (χ0v) is 13.7. The SMILES string of the molecule is CN1C(=O)C(c2ccc(Cl)cc2)=C(N2CCCC(CO)C2)C1=O. The van der Waals surface area contributed by atoms with Gasteiger partial charge in [0.1, 0.15) is 5.70 Å². The van der Waals surface area contributed by atoms with E-state index in [9.17, 15) is 14.7 Å². The zero-order chi connectivity index (χ0) is 16.6. The average molecular weight is 335 g/mol. The molecule has 1 N–H and O–H groups in total. The molecule has 2 amide bonds. The minimum atomic E-state index is -0.293. The Morgan fingerprint density at radius 3 is 2.57 bits per heavy atom. The van der Waals surface area contributed by atoms with Crippen LogP contribution in [0.15, 0.2) is 30.0 Å². The second-order valence-corrected chi connectivity index (χ2v) is 6.47. The van der Waals surface area contributed by atoms with Crippen LogP contribution < -0.4 is 0 Å². The number of carbonyl (C=O) groups is 2. The standard InChI is InChI=1S/C17H19ClN2O3/c1-19-16(22)14(12-4-6-13(18)7-5-12)15(17(19)23)20-8-2-3-11(9-20)10-21/h4-7,11,21H,2-3,8-10H2,1H3. The van der Waals surface area contributed by atoms with Crippen LogP contribution in [0, 0.1) is 5.92 Å². The fourth-order valence-electron chi connectivity index (χ4n) is 3.21. The zero-order valence-electron chi connectivity index (χ0n) is 13.0. The summed E-state index contributed by atoms with van der Waals surface area (Å²) in [7, 11) is 1.50. The van der Waals surface area contributed by atoms with Crippen molar-refractivity contribution in [3.05, 3.63) is 40.5 Å². The molecular formula is C17H19ClN2O3. The Bertz CT molecular complexity index is 669. The lowest BCUT2D eigenvalue weighted by Gasteiger charge is -2.34. The first-order chi connectivity index (χ1) is 11.0. The summed E-state index contributed by atoms with van der Waals surface area (Å²) in [5.74, 6) is -0.437. The minimum Gasteiger partial charge on any atom is -0.396 e. The van der Waals surface area contributed by atoms with E-state index in [1.165, 1.54) is 7.05 Å². The van der Waals surface area contributed by atoms with Crippen LogP contribution in [-0.2, 0) is 9.59 Å². The van der Waals surface area contributed by atoms with Crippen molar-refractivity contribution in [1.82, 2.24) is 9.80 Å². The molecule has 5 nitrogen and oxygen atoms in total. The first-order valence-corrected chi connectivity index (χ1v) is 8.09. The molecule has 0 aliphatic carbocycles. The summed E-state index contributed by atoms with van der Waals surface area (Å²) in [5.41, 5.74) is 1.56. The Morgan fingerprint density at radius 1 is 1.22 bits per heavy atom. The van der Waals surface area contributed by atoms with Crippen molar-refractivity contribution in [3.8, 4) is 0 Å². The van der Waals surface area contributed by atoms with Crippen LogP contribution >= 0.6 is 11.6 Å². The number of halogens is 1. The van der Waals surface area contributed by atoms with Gasteiger partial charge in [-0.3, -0.25) is 14.5 Å². The third-order valence-corrected chi connectivity index (χ3v) is 4.74. The van der Waals surface area contributed by atoms with Crippen molar-refractivity contribution in [2.75, 3.05) is 26.7 Å². The largest absolute Gasteiger partial charge is 0.396 e. The van der Waals surface area contributed by atoms with Crippen molar-refractivity contribution in [3.63, 3.8) is 0 Å². The molecule has 1 fully saturated rings. The molecule has 6 heteroatoms. The van der Waals surface area contributed by atoms with Crippen LogP contribution in [0.5, 0.6) is 0 Å². The molecule has 0 saturated carbocycles. The van der Waals surface area contributed by atoms with Crippen molar-refractivity contribution in [2.24, 2.45) is 5.92 Å². The second kappa shape index (κ2) is 6.34. The molecule has 2 aliphatic heterocycles. The summed E-state index contributed by atoms with van der Waals surface area (Å²) in [5, 5.41) is 10.00. The predicted molar refractivity (Wildman–Crippen MR) is 87.5 cm³/mol. The van der Waals surface area contributed by atoms with Gasteiger partial charge in [0, 0.05) is 31.8 Å². The Hall–Kier alpha value is -1.85. The highest BCUT2D eigenvalue weighted by Gasteiger charge is 2.40. The van der Waals surface area contributed by atoms with Crippen LogP contribution in [0.2, 0.25) is 5.02 Å². The van der Waals surface area contributed by atoms with Gasteiger partial charge in [0.15, 0.2) is 0 Å². The van der Waals surface area contributed by atoms with E-state index in [2.05, 4.69) is 0 Å². The lowest BCUT2D eigenvalue weighted by molar-refractivity contribution is -0.136. The summed E-state index contributed by atoms with van der Waals surface area (Å²) < 4.78 is 0. The third-order valence-electron chi connectivity index (χ3n) is 4.49. The van der Waals surface area contributed by atoms with Gasteiger partial charge in [-0.1, -0.05) is 23.7 Å². The van der Waals surface area contributed by atoms with Gasteiger partial charge in [-0.15, -0.1) is 0 Å². The Labute approximate surface area is 140 Å². The van der Waals surface area contributed by atoms with Gasteiger partial charge in [0.25, 0.3) is 11.8 Å². The van der Waals surface area contributed by atoms with E-state index in [0.717, 1.165) is 24.3 Å². The molecule has 0 radical (unpaired) electrons. The Morgan fingerprint density at radius 2 is 1.91 bits per heavy atom. The van der Waals surface area contributed by atoms with Gasteiger partial charge in [-0.2, -0.15) is 0 Å². The molecule has 0 bridgehead atoms. The van der Waals surface area contributed by atoms with E-state index in [4.69, 9.17) is 11.6 Å². The molecule has 1 atom stereocenters. The van der Waals surface area contributed by atoms with E-state index < -0.39 is 0 Å². The van der Waals surface area contributed by atoms with E-state index in [1.54, 1.807) is 24.3 Å². The van der Waals surface area contributed by atoms with E-state index in [1.807, 2.05) is 4.90 Å². The van der Waals surface area contributed by atoms with Crippen molar-refractivity contribution < 1.29 is 14.7 Å². The van der Waals surface area contributed by atoms with Gasteiger partial charge in [0.2, 0.25) is 0 Å². The number of rotatable bonds is 3. The molecule has 1 saturated heterocycles. The van der Waals surface area contributed by atoms with Crippen LogP contribution in [-0.4, -0.2) is 53.5 Å². The van der Waals surface area contributed by atoms with E-state index >= 15 is 0 Å². The number of nitrogens with zero attached hydrogens (tertiary/aromatic N) is 2. The number of carbonyl (C=O) groups excluding carboxylic acids is 2. The fourth-order valence-corrected chi connectivity index (χ4v) is 3.34. The van der Waals surface area contributed by atoms with Crippen LogP contribution in [0.3, 0.4) is 0 Å². The summed E-state index contributed by atoms with van der Waals surface area (Å²) in [6, 6.07) is 6.94. The number of piperidine rings is 1. The molecule has 23 heavy (non-hydrogen) atoms. The van der Waals surface area contributed by atoms with Crippen molar-refractivity contribution in [1.29, 1.82) is 0 Å². The molecule has 0 aromatic heterocycles. The topological polar surface area (TPSA) is 60.9 Å². The highest BCUT2D eigenvalue weighted by atomic mass is 35.5. The number of hydrogen-bond donors (Lipinski definition) is 1. The van der Waals surface area contributed by atoms with Crippen LogP contribution in [0.25, 0.3) is 5.57 Å². The number of aliphatic hydroxyl groups is 1. The summed E-state index contributed by atoms with van der Waals surface area (Å²) in [4.78, 5) is 28.2.